The summed E-state index contributed by atoms with van der Waals surface area (Å²) in [4.78, 5) is 0. The summed E-state index contributed by atoms with van der Waals surface area (Å²) >= 11 is 0. The maximum atomic E-state index is 11.8. The highest BCUT2D eigenvalue weighted by Crippen LogP contribution is 2.46. The molecule has 4 atom stereocenters. The van der Waals surface area contributed by atoms with E-state index in [-0.39, 0.29) is 0 Å². The number of benzene rings is 4. The van der Waals surface area contributed by atoms with Crippen molar-refractivity contribution in [3.8, 4) is 0 Å². The Labute approximate surface area is 195 Å². The highest BCUT2D eigenvalue weighted by Gasteiger charge is 2.43. The minimum absolute atomic E-state index is 0.735. The quantitative estimate of drug-likeness (QED) is 0.339. The van der Waals surface area contributed by atoms with Crippen molar-refractivity contribution in [1.82, 2.24) is 0 Å². The van der Waals surface area contributed by atoms with Crippen molar-refractivity contribution in [1.29, 1.82) is 0 Å². The predicted molar refractivity (Wildman–Crippen MR) is 131 cm³/mol. The lowest BCUT2D eigenvalue weighted by atomic mass is 9.83. The van der Waals surface area contributed by atoms with Gasteiger partial charge in [-0.05, 0) is 36.1 Å². The summed E-state index contributed by atoms with van der Waals surface area (Å²) in [6.07, 6.45) is -1.47. The zero-order valence-corrected chi connectivity index (χ0v) is 19.0. The van der Waals surface area contributed by atoms with E-state index >= 15 is 0 Å². The first-order valence-electron chi connectivity index (χ1n) is 11.2. The molecule has 3 nitrogen and oxygen atoms in total. The molecular formula is C30H30O3. The van der Waals surface area contributed by atoms with Gasteiger partial charge < -0.3 is 14.9 Å². The summed E-state index contributed by atoms with van der Waals surface area (Å²) in [6, 6.07) is 38.4. The molecule has 0 fully saturated rings. The Bertz CT molecular complexity index is 1030. The maximum absolute atomic E-state index is 11.8. The third-order valence-corrected chi connectivity index (χ3v) is 6.21. The van der Waals surface area contributed by atoms with Crippen LogP contribution in [0.15, 0.2) is 121 Å². The van der Waals surface area contributed by atoms with E-state index in [2.05, 4.69) is 0 Å². The molecule has 0 aliphatic rings. The van der Waals surface area contributed by atoms with Crippen molar-refractivity contribution >= 4 is 0 Å². The van der Waals surface area contributed by atoms with Gasteiger partial charge in [-0.25, -0.2) is 0 Å². The first kappa shape index (κ1) is 22.9. The lowest BCUT2D eigenvalue weighted by Crippen LogP contribution is -2.38. The van der Waals surface area contributed by atoms with Gasteiger partial charge in [-0.3, -0.25) is 0 Å². The first-order valence-corrected chi connectivity index (χ1v) is 11.2. The fourth-order valence-electron chi connectivity index (χ4n) is 4.32. The minimum atomic E-state index is -1.34. The Balaban J connectivity index is 1.83. The molecule has 0 saturated carbocycles. The summed E-state index contributed by atoms with van der Waals surface area (Å²) < 4.78 is 6.76. The average Bonchev–Trinajstić information content (AvgIpc) is 2.86. The van der Waals surface area contributed by atoms with Crippen molar-refractivity contribution in [2.75, 3.05) is 0 Å². The van der Waals surface area contributed by atoms with Gasteiger partial charge in [0.15, 0.2) is 0 Å². The summed E-state index contributed by atoms with van der Waals surface area (Å²) in [5.74, 6) is 0. The molecule has 4 unspecified atom stereocenters. The van der Waals surface area contributed by atoms with Crippen LogP contribution in [0, 0.1) is 0 Å². The van der Waals surface area contributed by atoms with Crippen LogP contribution in [0.3, 0.4) is 0 Å². The Morgan fingerprint density at radius 3 is 1.06 bits per heavy atom. The molecule has 0 bridgehead atoms. The van der Waals surface area contributed by atoms with Crippen LogP contribution in [0.5, 0.6) is 0 Å². The van der Waals surface area contributed by atoms with E-state index in [9.17, 15) is 10.2 Å². The van der Waals surface area contributed by atoms with E-state index in [1.165, 1.54) is 0 Å². The molecule has 0 spiro atoms. The molecule has 4 aromatic rings. The number of rotatable bonds is 8. The van der Waals surface area contributed by atoms with Crippen LogP contribution >= 0.6 is 0 Å². The molecule has 4 rings (SSSR count). The molecule has 2 N–H and O–H groups in total. The third kappa shape index (κ3) is 4.91. The van der Waals surface area contributed by atoms with E-state index in [1.807, 2.05) is 121 Å². The van der Waals surface area contributed by atoms with E-state index in [1.54, 1.807) is 13.8 Å². The SMILES string of the molecule is CC(O)(c1ccccc1)C(OC(c1ccccc1)C(C)(O)c1ccccc1)c1ccccc1. The fraction of sp³-hybridized carbons (Fsp3) is 0.200. The Kier molecular flexibility index (Phi) is 6.75. The van der Waals surface area contributed by atoms with Crippen LogP contribution in [0.25, 0.3) is 0 Å². The van der Waals surface area contributed by atoms with Crippen molar-refractivity contribution in [2.45, 2.75) is 37.3 Å². The molecule has 0 aromatic heterocycles. The van der Waals surface area contributed by atoms with E-state index in [4.69, 9.17) is 4.74 Å². The highest BCUT2D eigenvalue weighted by atomic mass is 16.5. The molecule has 3 heteroatoms. The first-order chi connectivity index (χ1) is 15.9. The van der Waals surface area contributed by atoms with Gasteiger partial charge in [-0.2, -0.15) is 0 Å². The molecule has 0 saturated heterocycles. The van der Waals surface area contributed by atoms with Crippen molar-refractivity contribution in [3.63, 3.8) is 0 Å². The second-order valence-electron chi connectivity index (χ2n) is 8.74. The Morgan fingerprint density at radius 1 is 0.485 bits per heavy atom. The summed E-state index contributed by atoms with van der Waals surface area (Å²) in [5, 5.41) is 23.6. The number of hydrogen-bond acceptors (Lipinski definition) is 3. The normalized spacial score (nSPS) is 16.8. The van der Waals surface area contributed by atoms with Gasteiger partial charge in [-0.15, -0.1) is 0 Å². The summed E-state index contributed by atoms with van der Waals surface area (Å²) in [5.41, 5.74) is 0.451. The summed E-state index contributed by atoms with van der Waals surface area (Å²) in [7, 11) is 0. The number of hydrogen-bond donors (Lipinski definition) is 2. The van der Waals surface area contributed by atoms with Crippen molar-refractivity contribution in [3.05, 3.63) is 144 Å². The van der Waals surface area contributed by atoms with Crippen LogP contribution in [0.4, 0.5) is 0 Å². The zero-order chi connectivity index (χ0) is 23.3. The maximum Gasteiger partial charge on any atom is 0.117 e. The van der Waals surface area contributed by atoms with Gasteiger partial charge in [0.25, 0.3) is 0 Å². The van der Waals surface area contributed by atoms with Gasteiger partial charge >= 0.3 is 0 Å². The van der Waals surface area contributed by atoms with Crippen LogP contribution in [0.1, 0.15) is 48.3 Å². The monoisotopic (exact) mass is 438 g/mol. The van der Waals surface area contributed by atoms with Crippen LogP contribution in [-0.4, -0.2) is 10.2 Å². The molecule has 0 aliphatic carbocycles. The van der Waals surface area contributed by atoms with Gasteiger partial charge in [0, 0.05) is 0 Å². The van der Waals surface area contributed by atoms with Crippen molar-refractivity contribution < 1.29 is 14.9 Å². The van der Waals surface area contributed by atoms with Gasteiger partial charge in [0.1, 0.15) is 23.4 Å². The largest absolute Gasteiger partial charge is 0.382 e. The zero-order valence-electron chi connectivity index (χ0n) is 19.0. The smallest absolute Gasteiger partial charge is 0.117 e. The lowest BCUT2D eigenvalue weighted by Gasteiger charge is -2.41. The molecule has 0 amide bonds. The van der Waals surface area contributed by atoms with E-state index in [0.29, 0.717) is 0 Å². The number of aliphatic hydroxyl groups is 2. The number of ether oxygens (including phenoxy) is 1. The second kappa shape index (κ2) is 9.72. The highest BCUT2D eigenvalue weighted by molar-refractivity contribution is 5.32. The second-order valence-corrected chi connectivity index (χ2v) is 8.74. The molecule has 0 radical (unpaired) electrons. The van der Waals surface area contributed by atoms with E-state index < -0.39 is 23.4 Å². The van der Waals surface area contributed by atoms with Gasteiger partial charge in [-0.1, -0.05) is 121 Å². The molecule has 0 heterocycles. The standard InChI is InChI=1S/C30H30O3/c1-29(31,25-19-11-5-12-20-25)27(23-15-7-3-8-16-23)33-28(24-17-9-4-10-18-24)30(2,32)26-21-13-6-14-22-26/h3-22,27-28,31-32H,1-2H3. The molecular weight excluding hydrogens is 408 g/mol. The molecule has 0 aliphatic heterocycles. The van der Waals surface area contributed by atoms with Crippen LogP contribution < -0.4 is 0 Å². The summed E-state index contributed by atoms with van der Waals surface area (Å²) in [6.45, 7) is 3.53. The molecule has 4 aromatic carbocycles. The van der Waals surface area contributed by atoms with Crippen LogP contribution in [-0.2, 0) is 15.9 Å². The Morgan fingerprint density at radius 2 is 0.758 bits per heavy atom. The lowest BCUT2D eigenvalue weighted by molar-refractivity contribution is -0.190. The average molecular weight is 439 g/mol. The van der Waals surface area contributed by atoms with Crippen LogP contribution in [0.2, 0.25) is 0 Å². The third-order valence-electron chi connectivity index (χ3n) is 6.21. The van der Waals surface area contributed by atoms with Crippen molar-refractivity contribution in [2.24, 2.45) is 0 Å². The predicted octanol–water partition coefficient (Wildman–Crippen LogP) is 6.30. The topological polar surface area (TPSA) is 49.7 Å². The van der Waals surface area contributed by atoms with Gasteiger partial charge in [0.2, 0.25) is 0 Å². The molecule has 33 heavy (non-hydrogen) atoms. The molecule has 168 valence electrons. The Hall–Kier alpha value is -3.24. The van der Waals surface area contributed by atoms with E-state index in [0.717, 1.165) is 22.3 Å². The minimum Gasteiger partial charge on any atom is -0.382 e. The van der Waals surface area contributed by atoms with Gasteiger partial charge in [0.05, 0.1) is 0 Å². The fourth-order valence-corrected chi connectivity index (χ4v) is 4.32.